The van der Waals surface area contributed by atoms with E-state index in [1.807, 2.05) is 0 Å². The third-order valence-electron chi connectivity index (χ3n) is 4.65. The Bertz CT molecular complexity index is 478. The van der Waals surface area contributed by atoms with Crippen LogP contribution in [0.2, 0.25) is 0 Å². The van der Waals surface area contributed by atoms with Gasteiger partial charge in [0.1, 0.15) is 25.6 Å². The average Bonchev–Trinajstić information content (AvgIpc) is 2.97. The summed E-state index contributed by atoms with van der Waals surface area (Å²) in [6.07, 6.45) is -6.83. The van der Waals surface area contributed by atoms with E-state index < -0.39 is 67.4 Å². The second kappa shape index (κ2) is 4.57. The maximum Gasteiger partial charge on any atom is 0.405 e. The third-order valence-corrected chi connectivity index (χ3v) is 4.65. The van der Waals surface area contributed by atoms with Crippen LogP contribution in [0.15, 0.2) is 0 Å². The van der Waals surface area contributed by atoms with Crippen molar-refractivity contribution in [2.45, 2.75) is 31.2 Å². The standard InChI is InChI=1S/C12H13F3O6/c13-12(14,15)11-2-5-1-6(11)9(21-10(11)18)8(5)20-7(17)3-19-4-16/h5-6,8-9,16H,1-4H2. The van der Waals surface area contributed by atoms with Crippen molar-refractivity contribution in [2.75, 3.05) is 13.4 Å². The van der Waals surface area contributed by atoms with Crippen molar-refractivity contribution < 1.29 is 42.1 Å². The van der Waals surface area contributed by atoms with Gasteiger partial charge < -0.3 is 19.3 Å². The van der Waals surface area contributed by atoms with Crippen LogP contribution in [-0.4, -0.2) is 48.8 Å². The Morgan fingerprint density at radius 3 is 2.81 bits per heavy atom. The van der Waals surface area contributed by atoms with Crippen LogP contribution >= 0.6 is 0 Å². The molecule has 118 valence electrons. The van der Waals surface area contributed by atoms with Crippen LogP contribution in [0.5, 0.6) is 0 Å². The Morgan fingerprint density at radius 1 is 1.48 bits per heavy atom. The number of aliphatic hydroxyl groups excluding tert-OH is 1. The Kier molecular flexibility index (Phi) is 3.17. The van der Waals surface area contributed by atoms with Crippen LogP contribution in [-0.2, 0) is 23.8 Å². The fourth-order valence-electron chi connectivity index (χ4n) is 3.87. The molecule has 5 atom stereocenters. The van der Waals surface area contributed by atoms with Crippen LogP contribution < -0.4 is 0 Å². The van der Waals surface area contributed by atoms with Crippen molar-refractivity contribution in [3.8, 4) is 0 Å². The van der Waals surface area contributed by atoms with Gasteiger partial charge in [0.2, 0.25) is 0 Å². The number of alkyl halides is 3. The van der Waals surface area contributed by atoms with Gasteiger partial charge in [-0.05, 0) is 12.8 Å². The lowest BCUT2D eigenvalue weighted by atomic mass is 9.73. The summed E-state index contributed by atoms with van der Waals surface area (Å²) in [6, 6.07) is 0. The van der Waals surface area contributed by atoms with Crippen molar-refractivity contribution in [3.63, 3.8) is 0 Å². The Hall–Kier alpha value is -1.35. The molecule has 3 rings (SSSR count). The molecule has 2 aliphatic carbocycles. The molecule has 1 N–H and O–H groups in total. The minimum absolute atomic E-state index is 0.148. The Balaban J connectivity index is 1.76. The quantitative estimate of drug-likeness (QED) is 0.597. The first kappa shape index (κ1) is 14.6. The summed E-state index contributed by atoms with van der Waals surface area (Å²) in [6.45, 7) is -1.17. The highest BCUT2D eigenvalue weighted by molar-refractivity contribution is 5.82. The predicted molar refractivity (Wildman–Crippen MR) is 57.5 cm³/mol. The van der Waals surface area contributed by atoms with Crippen molar-refractivity contribution >= 4 is 11.9 Å². The molecule has 1 heterocycles. The van der Waals surface area contributed by atoms with Crippen molar-refractivity contribution in [2.24, 2.45) is 17.3 Å². The van der Waals surface area contributed by atoms with E-state index in [2.05, 4.69) is 4.74 Å². The molecule has 0 spiro atoms. The summed E-state index contributed by atoms with van der Waals surface area (Å²) in [4.78, 5) is 23.2. The van der Waals surface area contributed by atoms with E-state index in [0.29, 0.717) is 0 Å². The molecule has 3 aliphatic rings. The zero-order chi connectivity index (χ0) is 15.4. The molecule has 0 radical (unpaired) electrons. The monoisotopic (exact) mass is 310 g/mol. The molecule has 1 saturated heterocycles. The normalized spacial score (nSPS) is 40.5. The van der Waals surface area contributed by atoms with Crippen molar-refractivity contribution in [1.29, 1.82) is 0 Å². The number of aliphatic hydroxyl groups is 1. The summed E-state index contributed by atoms with van der Waals surface area (Å²) in [7, 11) is 0. The minimum atomic E-state index is -4.66. The number of rotatable bonds is 4. The average molecular weight is 310 g/mol. The number of halogens is 3. The molecule has 2 bridgehead atoms. The molecule has 2 saturated carbocycles. The first-order valence-corrected chi connectivity index (χ1v) is 6.47. The van der Waals surface area contributed by atoms with Crippen LogP contribution in [0.1, 0.15) is 12.8 Å². The number of ether oxygens (including phenoxy) is 3. The first-order valence-electron chi connectivity index (χ1n) is 6.47. The fourth-order valence-corrected chi connectivity index (χ4v) is 3.87. The lowest BCUT2D eigenvalue weighted by molar-refractivity contribution is -0.231. The van der Waals surface area contributed by atoms with E-state index in [1.54, 1.807) is 0 Å². The summed E-state index contributed by atoms with van der Waals surface area (Å²) in [5, 5.41) is 8.42. The van der Waals surface area contributed by atoms with Crippen LogP contribution in [0, 0.1) is 17.3 Å². The molecular formula is C12H13F3O6. The number of carbonyl (C=O) groups is 2. The van der Waals surface area contributed by atoms with Gasteiger partial charge in [0.05, 0.1) is 0 Å². The van der Waals surface area contributed by atoms with Crippen LogP contribution in [0.4, 0.5) is 13.2 Å². The number of hydrogen-bond acceptors (Lipinski definition) is 6. The molecule has 1 aliphatic heterocycles. The molecule has 21 heavy (non-hydrogen) atoms. The summed E-state index contributed by atoms with van der Waals surface area (Å²) in [5.74, 6) is -3.61. The molecule has 0 aromatic heterocycles. The van der Waals surface area contributed by atoms with Gasteiger partial charge in [-0.25, -0.2) is 4.79 Å². The van der Waals surface area contributed by atoms with Gasteiger partial charge in [0.25, 0.3) is 0 Å². The maximum absolute atomic E-state index is 13.3. The van der Waals surface area contributed by atoms with Crippen LogP contribution in [0.3, 0.4) is 0 Å². The van der Waals surface area contributed by atoms with E-state index >= 15 is 0 Å². The lowest BCUT2D eigenvalue weighted by Crippen LogP contribution is -2.48. The molecule has 9 heteroatoms. The number of hydrogen-bond donors (Lipinski definition) is 1. The van der Waals surface area contributed by atoms with Gasteiger partial charge in [0, 0.05) is 11.8 Å². The highest BCUT2D eigenvalue weighted by atomic mass is 19.4. The summed E-state index contributed by atoms with van der Waals surface area (Å²) >= 11 is 0. The zero-order valence-corrected chi connectivity index (χ0v) is 10.8. The molecule has 3 fully saturated rings. The Morgan fingerprint density at radius 2 is 2.19 bits per heavy atom. The SMILES string of the molecule is O=C(COCO)OC1C2CC3C1OC(=O)C3(C(F)(F)F)C2. The molecule has 6 nitrogen and oxygen atoms in total. The van der Waals surface area contributed by atoms with E-state index in [4.69, 9.17) is 14.6 Å². The van der Waals surface area contributed by atoms with Gasteiger partial charge >= 0.3 is 18.1 Å². The number of fused-ring (bicyclic) bond motifs is 1. The van der Waals surface area contributed by atoms with Gasteiger partial charge in [-0.3, -0.25) is 4.79 Å². The molecule has 0 aromatic rings. The maximum atomic E-state index is 13.3. The van der Waals surface area contributed by atoms with E-state index in [-0.39, 0.29) is 6.42 Å². The molecule has 0 aromatic carbocycles. The smallest absolute Gasteiger partial charge is 0.405 e. The highest BCUT2D eigenvalue weighted by Crippen LogP contribution is 2.67. The molecule has 5 unspecified atom stereocenters. The number of esters is 2. The van der Waals surface area contributed by atoms with Gasteiger partial charge in [-0.15, -0.1) is 0 Å². The van der Waals surface area contributed by atoms with Crippen LogP contribution in [0.25, 0.3) is 0 Å². The topological polar surface area (TPSA) is 82.1 Å². The van der Waals surface area contributed by atoms with E-state index in [9.17, 15) is 22.8 Å². The first-order chi connectivity index (χ1) is 9.81. The predicted octanol–water partition coefficient (Wildman–Crippen LogP) is 0.378. The second-order valence-electron chi connectivity index (χ2n) is 5.58. The summed E-state index contributed by atoms with van der Waals surface area (Å²) < 4.78 is 54.1. The van der Waals surface area contributed by atoms with Gasteiger partial charge in [-0.2, -0.15) is 13.2 Å². The lowest BCUT2D eigenvalue weighted by Gasteiger charge is -2.33. The molecule has 0 amide bonds. The van der Waals surface area contributed by atoms with Crippen molar-refractivity contribution in [1.82, 2.24) is 0 Å². The number of carbonyl (C=O) groups excluding carboxylic acids is 2. The fraction of sp³-hybridized carbons (Fsp3) is 0.833. The van der Waals surface area contributed by atoms with E-state index in [1.165, 1.54) is 0 Å². The highest BCUT2D eigenvalue weighted by Gasteiger charge is 2.80. The second-order valence-corrected chi connectivity index (χ2v) is 5.58. The van der Waals surface area contributed by atoms with Gasteiger partial charge in [0.15, 0.2) is 5.41 Å². The summed E-state index contributed by atoms with van der Waals surface area (Å²) in [5.41, 5.74) is -2.44. The molecular weight excluding hydrogens is 297 g/mol. The minimum Gasteiger partial charge on any atom is -0.457 e. The van der Waals surface area contributed by atoms with Gasteiger partial charge in [-0.1, -0.05) is 0 Å². The largest absolute Gasteiger partial charge is 0.457 e. The zero-order valence-electron chi connectivity index (χ0n) is 10.8. The van der Waals surface area contributed by atoms with E-state index in [0.717, 1.165) is 0 Å². The Labute approximate surface area is 117 Å². The van der Waals surface area contributed by atoms with Crippen molar-refractivity contribution in [3.05, 3.63) is 0 Å². The third kappa shape index (κ3) is 1.87.